The normalized spacial score (nSPS) is 21.8. The minimum absolute atomic E-state index is 0.0241. The molecule has 2 aliphatic rings. The average Bonchev–Trinajstić information content (AvgIpc) is 2.66. The number of likely N-dealkylation sites (tertiary alicyclic amines) is 1. The van der Waals surface area contributed by atoms with Crippen LogP contribution in [0.3, 0.4) is 0 Å². The Balaban J connectivity index is 1.82. The topological polar surface area (TPSA) is 49.4 Å². The summed E-state index contributed by atoms with van der Waals surface area (Å²) in [6.07, 6.45) is 1.84. The summed E-state index contributed by atoms with van der Waals surface area (Å²) < 4.78 is 0. The van der Waals surface area contributed by atoms with Crippen LogP contribution >= 0.6 is 11.6 Å². The van der Waals surface area contributed by atoms with E-state index < -0.39 is 5.41 Å². The first-order chi connectivity index (χ1) is 9.62. The number of hydrogen-bond acceptors (Lipinski definition) is 3. The Morgan fingerprint density at radius 2 is 1.90 bits per heavy atom. The van der Waals surface area contributed by atoms with E-state index in [0.717, 1.165) is 31.5 Å². The van der Waals surface area contributed by atoms with Gasteiger partial charge in [-0.15, -0.1) is 0 Å². The van der Waals surface area contributed by atoms with Crippen molar-refractivity contribution >= 4 is 23.4 Å². The van der Waals surface area contributed by atoms with Gasteiger partial charge in [-0.2, -0.15) is 0 Å². The first kappa shape index (κ1) is 13.6. The predicted molar refractivity (Wildman–Crippen MR) is 76.2 cm³/mol. The van der Waals surface area contributed by atoms with Crippen molar-refractivity contribution in [2.45, 2.75) is 25.8 Å². The fourth-order valence-corrected chi connectivity index (χ4v) is 3.31. The van der Waals surface area contributed by atoms with Crippen LogP contribution in [-0.4, -0.2) is 29.8 Å². The second-order valence-corrected chi connectivity index (χ2v) is 5.99. The van der Waals surface area contributed by atoms with Crippen LogP contribution in [0.2, 0.25) is 5.02 Å². The van der Waals surface area contributed by atoms with Crippen LogP contribution in [0.25, 0.3) is 0 Å². The van der Waals surface area contributed by atoms with Crippen molar-refractivity contribution in [2.24, 2.45) is 5.41 Å². The molecule has 1 spiro atoms. The van der Waals surface area contributed by atoms with E-state index in [2.05, 4.69) is 5.32 Å². The summed E-state index contributed by atoms with van der Waals surface area (Å²) >= 11 is 6.12. The third-order valence-corrected chi connectivity index (χ3v) is 4.71. The Hall–Kier alpha value is -1.39. The van der Waals surface area contributed by atoms with Crippen molar-refractivity contribution in [2.75, 3.05) is 13.1 Å². The van der Waals surface area contributed by atoms with E-state index >= 15 is 0 Å². The average molecular weight is 293 g/mol. The van der Waals surface area contributed by atoms with Gasteiger partial charge in [0.25, 0.3) is 0 Å². The summed E-state index contributed by atoms with van der Waals surface area (Å²) in [5.74, 6) is -0.0965. The Labute approximate surface area is 123 Å². The molecule has 0 radical (unpaired) electrons. The summed E-state index contributed by atoms with van der Waals surface area (Å²) in [5, 5.41) is 3.84. The number of nitrogens with zero attached hydrogens (tertiary/aromatic N) is 1. The van der Waals surface area contributed by atoms with E-state index in [4.69, 9.17) is 11.6 Å². The molecule has 2 saturated heterocycles. The number of amides is 2. The molecule has 0 bridgehead atoms. The van der Waals surface area contributed by atoms with Crippen molar-refractivity contribution in [3.05, 3.63) is 34.9 Å². The van der Waals surface area contributed by atoms with Crippen LogP contribution in [0.4, 0.5) is 0 Å². The summed E-state index contributed by atoms with van der Waals surface area (Å²) in [5.41, 5.74) is 0.352. The van der Waals surface area contributed by atoms with Crippen LogP contribution < -0.4 is 5.32 Å². The Bertz CT molecular complexity index is 553. The highest BCUT2D eigenvalue weighted by molar-refractivity contribution is 6.31. The smallest absolute Gasteiger partial charge is 0.236 e. The molecular weight excluding hydrogens is 276 g/mol. The number of carbonyl (C=O) groups excluding carboxylic acids is 2. The number of piperidine rings is 1. The largest absolute Gasteiger partial charge is 0.317 e. The molecule has 0 aliphatic carbocycles. The van der Waals surface area contributed by atoms with Crippen LogP contribution in [-0.2, 0) is 16.1 Å². The molecule has 2 fully saturated rings. The van der Waals surface area contributed by atoms with Crippen molar-refractivity contribution in [1.82, 2.24) is 10.2 Å². The van der Waals surface area contributed by atoms with Crippen molar-refractivity contribution in [1.29, 1.82) is 0 Å². The van der Waals surface area contributed by atoms with E-state index in [1.54, 1.807) is 6.07 Å². The zero-order valence-corrected chi connectivity index (χ0v) is 11.9. The maximum atomic E-state index is 12.6. The third-order valence-electron chi connectivity index (χ3n) is 4.34. The van der Waals surface area contributed by atoms with Crippen LogP contribution in [0.5, 0.6) is 0 Å². The van der Waals surface area contributed by atoms with Crippen molar-refractivity contribution < 1.29 is 9.59 Å². The molecule has 1 N–H and O–H groups in total. The number of halogens is 1. The molecule has 1 aromatic carbocycles. The third kappa shape index (κ3) is 2.23. The van der Waals surface area contributed by atoms with Gasteiger partial charge in [0.05, 0.1) is 12.0 Å². The van der Waals surface area contributed by atoms with Gasteiger partial charge in [-0.25, -0.2) is 0 Å². The number of hydrogen-bond donors (Lipinski definition) is 1. The Morgan fingerprint density at radius 1 is 1.20 bits per heavy atom. The minimum atomic E-state index is -0.469. The van der Waals surface area contributed by atoms with E-state index in [1.165, 1.54) is 4.90 Å². The van der Waals surface area contributed by atoms with Gasteiger partial charge in [-0.3, -0.25) is 14.5 Å². The molecule has 2 heterocycles. The van der Waals surface area contributed by atoms with Gasteiger partial charge in [0.15, 0.2) is 0 Å². The molecule has 0 aromatic heterocycles. The lowest BCUT2D eigenvalue weighted by atomic mass is 9.77. The Morgan fingerprint density at radius 3 is 2.60 bits per heavy atom. The van der Waals surface area contributed by atoms with Crippen LogP contribution in [0, 0.1) is 5.41 Å². The number of nitrogens with one attached hydrogen (secondary N) is 1. The monoisotopic (exact) mass is 292 g/mol. The zero-order valence-electron chi connectivity index (χ0n) is 11.2. The van der Waals surface area contributed by atoms with E-state index in [0.29, 0.717) is 11.4 Å². The van der Waals surface area contributed by atoms with E-state index in [1.807, 2.05) is 18.2 Å². The number of carbonyl (C=O) groups is 2. The zero-order chi connectivity index (χ0) is 14.2. The lowest BCUT2D eigenvalue weighted by molar-refractivity contribution is -0.142. The summed E-state index contributed by atoms with van der Waals surface area (Å²) in [4.78, 5) is 26.2. The lowest BCUT2D eigenvalue weighted by Crippen LogP contribution is -2.42. The number of imide groups is 1. The molecule has 5 heteroatoms. The highest BCUT2D eigenvalue weighted by Gasteiger charge is 2.51. The fraction of sp³-hybridized carbons (Fsp3) is 0.467. The summed E-state index contributed by atoms with van der Waals surface area (Å²) in [6.45, 7) is 1.89. The quantitative estimate of drug-likeness (QED) is 0.848. The molecule has 2 amide bonds. The van der Waals surface area contributed by atoms with Crippen LogP contribution in [0.15, 0.2) is 24.3 Å². The Kier molecular flexibility index (Phi) is 3.52. The van der Waals surface area contributed by atoms with Gasteiger partial charge in [-0.05, 0) is 37.6 Å². The van der Waals surface area contributed by atoms with E-state index in [-0.39, 0.29) is 18.4 Å². The first-order valence-electron chi connectivity index (χ1n) is 6.91. The van der Waals surface area contributed by atoms with Gasteiger partial charge in [0.1, 0.15) is 0 Å². The molecule has 3 rings (SSSR count). The van der Waals surface area contributed by atoms with Crippen LogP contribution in [0.1, 0.15) is 24.8 Å². The maximum Gasteiger partial charge on any atom is 0.236 e. The summed E-state index contributed by atoms with van der Waals surface area (Å²) in [6, 6.07) is 7.35. The molecule has 4 nitrogen and oxygen atoms in total. The molecule has 0 atom stereocenters. The molecule has 20 heavy (non-hydrogen) atoms. The van der Waals surface area contributed by atoms with Crippen molar-refractivity contribution in [3.63, 3.8) is 0 Å². The molecule has 0 unspecified atom stereocenters. The molecule has 0 saturated carbocycles. The van der Waals surface area contributed by atoms with Gasteiger partial charge in [-0.1, -0.05) is 29.8 Å². The molecule has 2 aliphatic heterocycles. The number of rotatable bonds is 2. The van der Waals surface area contributed by atoms with Gasteiger partial charge in [0.2, 0.25) is 11.8 Å². The predicted octanol–water partition coefficient (Wildman–Crippen LogP) is 1.97. The maximum absolute atomic E-state index is 12.6. The standard InChI is InChI=1S/C15H17ClN2O2/c16-12-4-2-1-3-11(12)10-18-13(19)9-15(14(18)20)5-7-17-8-6-15/h1-4,17H,5-10H2. The summed E-state index contributed by atoms with van der Waals surface area (Å²) in [7, 11) is 0. The molecular formula is C15H17ClN2O2. The minimum Gasteiger partial charge on any atom is -0.317 e. The SMILES string of the molecule is O=C1CC2(CCNCC2)C(=O)N1Cc1ccccc1Cl. The van der Waals surface area contributed by atoms with E-state index in [9.17, 15) is 9.59 Å². The molecule has 106 valence electrons. The van der Waals surface area contributed by atoms with Crippen molar-refractivity contribution in [3.8, 4) is 0 Å². The highest BCUT2D eigenvalue weighted by atomic mass is 35.5. The van der Waals surface area contributed by atoms with Gasteiger partial charge < -0.3 is 5.32 Å². The highest BCUT2D eigenvalue weighted by Crippen LogP contribution is 2.41. The second kappa shape index (κ2) is 5.19. The van der Waals surface area contributed by atoms with Gasteiger partial charge in [0, 0.05) is 11.4 Å². The van der Waals surface area contributed by atoms with Gasteiger partial charge >= 0.3 is 0 Å². The fourth-order valence-electron chi connectivity index (χ4n) is 3.11. The lowest BCUT2D eigenvalue weighted by Gasteiger charge is -2.31. The first-order valence-corrected chi connectivity index (χ1v) is 7.29. The molecule has 1 aromatic rings. The second-order valence-electron chi connectivity index (χ2n) is 5.58. The number of benzene rings is 1.